The normalized spacial score (nSPS) is 16.6. The fourth-order valence-corrected chi connectivity index (χ4v) is 3.28. The molecule has 20 heavy (non-hydrogen) atoms. The van der Waals surface area contributed by atoms with Crippen molar-refractivity contribution in [2.45, 2.75) is 52.0 Å². The fourth-order valence-electron chi connectivity index (χ4n) is 3.28. The summed E-state index contributed by atoms with van der Waals surface area (Å²) in [5.74, 6) is 1.69. The van der Waals surface area contributed by atoms with Gasteiger partial charge in [-0.15, -0.1) is 0 Å². The zero-order valence-electron chi connectivity index (χ0n) is 12.1. The average molecular weight is 270 g/mol. The lowest BCUT2D eigenvalue weighted by molar-refractivity contribution is -0.124. The Bertz CT molecular complexity index is 608. The van der Waals surface area contributed by atoms with Gasteiger partial charge in [0.15, 0.2) is 5.78 Å². The van der Waals surface area contributed by atoms with Gasteiger partial charge in [-0.3, -0.25) is 4.79 Å². The van der Waals surface area contributed by atoms with Crippen LogP contribution in [0.3, 0.4) is 0 Å². The van der Waals surface area contributed by atoms with Crippen molar-refractivity contribution in [2.24, 2.45) is 5.92 Å². The Morgan fingerprint density at radius 1 is 1.25 bits per heavy atom. The Kier molecular flexibility index (Phi) is 3.86. The van der Waals surface area contributed by atoms with Gasteiger partial charge in [0.2, 0.25) is 0 Å². The predicted octanol–water partition coefficient (Wildman–Crippen LogP) is 3.75. The molecule has 0 unspecified atom stereocenters. The second-order valence-electron chi connectivity index (χ2n) is 5.76. The fraction of sp³-hybridized carbons (Fsp3) is 0.529. The highest BCUT2D eigenvalue weighted by molar-refractivity contribution is 5.84. The Hall–Kier alpha value is -1.64. The highest BCUT2D eigenvalue weighted by atomic mass is 16.1. The van der Waals surface area contributed by atoms with Crippen molar-refractivity contribution in [3.63, 3.8) is 0 Å². The van der Waals surface area contributed by atoms with E-state index in [0.29, 0.717) is 12.3 Å². The number of imidazole rings is 1. The van der Waals surface area contributed by atoms with Crippen LogP contribution < -0.4 is 0 Å². The summed E-state index contributed by atoms with van der Waals surface area (Å²) < 4.78 is 2.12. The molecule has 106 valence electrons. The first-order valence-corrected chi connectivity index (χ1v) is 7.76. The molecule has 1 fully saturated rings. The number of ketones is 1. The Morgan fingerprint density at radius 3 is 2.75 bits per heavy atom. The van der Waals surface area contributed by atoms with Crippen molar-refractivity contribution >= 4 is 16.8 Å². The first-order valence-electron chi connectivity index (χ1n) is 7.76. The van der Waals surface area contributed by atoms with Gasteiger partial charge in [0, 0.05) is 12.3 Å². The summed E-state index contributed by atoms with van der Waals surface area (Å²) in [6.45, 7) is 2.59. The number of para-hydroxylation sites is 2. The first-order chi connectivity index (χ1) is 9.79. The van der Waals surface area contributed by atoms with Gasteiger partial charge in [-0.05, 0) is 25.0 Å². The van der Waals surface area contributed by atoms with Crippen LogP contribution in [0.5, 0.6) is 0 Å². The quantitative estimate of drug-likeness (QED) is 0.848. The van der Waals surface area contributed by atoms with E-state index in [2.05, 4.69) is 22.5 Å². The molecule has 1 aliphatic rings. The molecular formula is C17H22N2O. The summed E-state index contributed by atoms with van der Waals surface area (Å²) in [6, 6.07) is 8.11. The molecule has 0 spiro atoms. The third-order valence-corrected chi connectivity index (χ3v) is 4.42. The lowest BCUT2D eigenvalue weighted by atomic mass is 9.86. The van der Waals surface area contributed by atoms with Gasteiger partial charge in [0.25, 0.3) is 0 Å². The molecule has 2 aromatic rings. The number of fused-ring (bicyclic) bond motifs is 1. The number of hydrogen-bond donors (Lipinski definition) is 0. The van der Waals surface area contributed by atoms with Gasteiger partial charge in [0.05, 0.1) is 17.6 Å². The van der Waals surface area contributed by atoms with E-state index in [0.717, 1.165) is 36.1 Å². The van der Waals surface area contributed by atoms with Crippen molar-refractivity contribution in [3.05, 3.63) is 30.1 Å². The molecule has 1 heterocycles. The zero-order valence-corrected chi connectivity index (χ0v) is 12.1. The number of Topliss-reactive ketones (excluding diaryl/α,β-unsaturated/α-hetero) is 1. The molecule has 3 nitrogen and oxygen atoms in total. The SMILES string of the molecule is CCc1nc2ccccc2n1CC(=O)C1CCCCC1. The number of nitrogens with zero attached hydrogens (tertiary/aromatic N) is 2. The Balaban J connectivity index is 1.87. The van der Waals surface area contributed by atoms with Crippen LogP contribution in [-0.4, -0.2) is 15.3 Å². The van der Waals surface area contributed by atoms with Gasteiger partial charge in [-0.1, -0.05) is 38.3 Å². The smallest absolute Gasteiger partial charge is 0.155 e. The van der Waals surface area contributed by atoms with Crippen LogP contribution in [0.1, 0.15) is 44.9 Å². The van der Waals surface area contributed by atoms with Crippen LogP contribution in [-0.2, 0) is 17.8 Å². The van der Waals surface area contributed by atoms with Crippen molar-refractivity contribution in [1.82, 2.24) is 9.55 Å². The molecule has 3 rings (SSSR count). The molecule has 0 aliphatic heterocycles. The van der Waals surface area contributed by atoms with E-state index in [1.54, 1.807) is 0 Å². The highest BCUT2D eigenvalue weighted by Gasteiger charge is 2.22. The average Bonchev–Trinajstić information content (AvgIpc) is 2.86. The summed E-state index contributed by atoms with van der Waals surface area (Å²) in [6.07, 6.45) is 6.73. The number of carbonyl (C=O) groups is 1. The number of rotatable bonds is 4. The lowest BCUT2D eigenvalue weighted by Gasteiger charge is -2.21. The molecule has 1 aromatic carbocycles. The number of aryl methyl sites for hydroxylation is 1. The van der Waals surface area contributed by atoms with E-state index in [9.17, 15) is 4.79 Å². The highest BCUT2D eigenvalue weighted by Crippen LogP contribution is 2.26. The van der Waals surface area contributed by atoms with Crippen molar-refractivity contribution in [2.75, 3.05) is 0 Å². The van der Waals surface area contributed by atoms with Crippen LogP contribution in [0, 0.1) is 5.92 Å². The standard InChI is InChI=1S/C17H22N2O/c1-2-17-18-14-10-6-7-11-15(14)19(17)12-16(20)13-8-4-3-5-9-13/h6-7,10-11,13H,2-5,8-9,12H2,1H3. The monoisotopic (exact) mass is 270 g/mol. The predicted molar refractivity (Wildman–Crippen MR) is 80.7 cm³/mol. The minimum Gasteiger partial charge on any atom is -0.320 e. The molecule has 1 saturated carbocycles. The van der Waals surface area contributed by atoms with Gasteiger partial charge >= 0.3 is 0 Å². The molecular weight excluding hydrogens is 248 g/mol. The van der Waals surface area contributed by atoms with Crippen LogP contribution in [0.2, 0.25) is 0 Å². The maximum atomic E-state index is 12.5. The minimum atomic E-state index is 0.273. The minimum absolute atomic E-state index is 0.273. The number of carbonyl (C=O) groups excluding carboxylic acids is 1. The van der Waals surface area contributed by atoms with E-state index in [-0.39, 0.29) is 5.92 Å². The molecule has 0 N–H and O–H groups in total. The first kappa shape index (κ1) is 13.3. The maximum Gasteiger partial charge on any atom is 0.155 e. The van der Waals surface area contributed by atoms with Crippen LogP contribution in [0.4, 0.5) is 0 Å². The number of aromatic nitrogens is 2. The largest absolute Gasteiger partial charge is 0.320 e. The maximum absolute atomic E-state index is 12.5. The molecule has 0 atom stereocenters. The molecule has 0 saturated heterocycles. The van der Waals surface area contributed by atoms with Crippen molar-refractivity contribution < 1.29 is 4.79 Å². The zero-order chi connectivity index (χ0) is 13.9. The van der Waals surface area contributed by atoms with E-state index in [1.807, 2.05) is 18.2 Å². The summed E-state index contributed by atoms with van der Waals surface area (Å²) in [5, 5.41) is 0. The van der Waals surface area contributed by atoms with Gasteiger partial charge in [0.1, 0.15) is 5.82 Å². The van der Waals surface area contributed by atoms with Crippen molar-refractivity contribution in [3.8, 4) is 0 Å². The summed E-state index contributed by atoms with van der Waals surface area (Å²) >= 11 is 0. The van der Waals surface area contributed by atoms with Gasteiger partial charge < -0.3 is 4.57 Å². The molecule has 0 amide bonds. The Morgan fingerprint density at radius 2 is 2.00 bits per heavy atom. The molecule has 3 heteroatoms. The third kappa shape index (κ3) is 2.49. The number of benzene rings is 1. The third-order valence-electron chi connectivity index (χ3n) is 4.42. The molecule has 1 aliphatic carbocycles. The van der Waals surface area contributed by atoms with Crippen LogP contribution in [0.25, 0.3) is 11.0 Å². The number of hydrogen-bond acceptors (Lipinski definition) is 2. The van der Waals surface area contributed by atoms with Gasteiger partial charge in [-0.25, -0.2) is 4.98 Å². The van der Waals surface area contributed by atoms with Crippen LogP contribution in [0.15, 0.2) is 24.3 Å². The van der Waals surface area contributed by atoms with Crippen LogP contribution >= 0.6 is 0 Å². The van der Waals surface area contributed by atoms with E-state index < -0.39 is 0 Å². The second kappa shape index (κ2) is 5.78. The molecule has 0 radical (unpaired) electrons. The molecule has 0 bridgehead atoms. The van der Waals surface area contributed by atoms with E-state index in [1.165, 1.54) is 19.3 Å². The van der Waals surface area contributed by atoms with E-state index >= 15 is 0 Å². The van der Waals surface area contributed by atoms with Crippen molar-refractivity contribution in [1.29, 1.82) is 0 Å². The second-order valence-corrected chi connectivity index (χ2v) is 5.76. The van der Waals surface area contributed by atoms with Gasteiger partial charge in [-0.2, -0.15) is 0 Å². The summed E-state index contributed by atoms with van der Waals surface area (Å²) in [4.78, 5) is 17.2. The summed E-state index contributed by atoms with van der Waals surface area (Å²) in [7, 11) is 0. The van der Waals surface area contributed by atoms with E-state index in [4.69, 9.17) is 0 Å². The lowest BCUT2D eigenvalue weighted by Crippen LogP contribution is -2.23. The Labute approximate surface area is 120 Å². The molecule has 1 aromatic heterocycles. The topological polar surface area (TPSA) is 34.9 Å². The summed E-state index contributed by atoms with van der Waals surface area (Å²) in [5.41, 5.74) is 2.09.